The van der Waals surface area contributed by atoms with E-state index in [0.29, 0.717) is 18.7 Å². The first-order valence-electron chi connectivity index (χ1n) is 8.61. The fourth-order valence-corrected chi connectivity index (χ4v) is 3.63. The molecule has 3 rings (SSSR count). The van der Waals surface area contributed by atoms with E-state index in [1.807, 2.05) is 55.5 Å². The van der Waals surface area contributed by atoms with Crippen LogP contribution in [0.15, 0.2) is 77.7 Å². The van der Waals surface area contributed by atoms with Gasteiger partial charge in [0.1, 0.15) is 11.5 Å². The molecule has 27 heavy (non-hydrogen) atoms. The van der Waals surface area contributed by atoms with Gasteiger partial charge in [-0.15, -0.1) is 0 Å². The number of aryl methyl sites for hydroxylation is 1. The molecule has 0 aliphatic heterocycles. The predicted octanol–water partition coefficient (Wildman–Crippen LogP) is 3.89. The van der Waals surface area contributed by atoms with E-state index in [0.717, 1.165) is 22.6 Å². The molecule has 140 valence electrons. The first-order chi connectivity index (χ1) is 12.9. The van der Waals surface area contributed by atoms with Crippen molar-refractivity contribution in [3.8, 4) is 11.5 Å². The van der Waals surface area contributed by atoms with Crippen molar-refractivity contribution in [1.82, 2.24) is 4.72 Å². The van der Waals surface area contributed by atoms with Crippen molar-refractivity contribution in [3.05, 3.63) is 83.9 Å². The number of nitrogens with one attached hydrogen (secondary N) is 1. The molecule has 0 unspecified atom stereocenters. The van der Waals surface area contributed by atoms with Gasteiger partial charge in [-0.2, -0.15) is 0 Å². The summed E-state index contributed by atoms with van der Waals surface area (Å²) in [6.07, 6.45) is 0.582. The smallest absolute Gasteiger partial charge is 0.240 e. The average molecular weight is 382 g/mol. The molecule has 0 atom stereocenters. The van der Waals surface area contributed by atoms with Gasteiger partial charge in [0, 0.05) is 12.2 Å². The molecular formula is C21H22N2O3S. The summed E-state index contributed by atoms with van der Waals surface area (Å²) in [4.78, 5) is 0.207. The molecule has 3 N–H and O–H groups in total. The van der Waals surface area contributed by atoms with Gasteiger partial charge in [-0.3, -0.25) is 0 Å². The highest BCUT2D eigenvalue weighted by atomic mass is 32.2. The van der Waals surface area contributed by atoms with E-state index in [1.165, 1.54) is 12.1 Å². The highest BCUT2D eigenvalue weighted by Crippen LogP contribution is 2.22. The van der Waals surface area contributed by atoms with E-state index in [4.69, 9.17) is 10.5 Å². The lowest BCUT2D eigenvalue weighted by molar-refractivity contribution is 0.482. The van der Waals surface area contributed by atoms with Crippen LogP contribution in [-0.4, -0.2) is 15.0 Å². The Bertz CT molecular complexity index is 998. The quantitative estimate of drug-likeness (QED) is 0.608. The number of nitrogens with two attached hydrogens (primary N) is 1. The van der Waals surface area contributed by atoms with E-state index in [1.54, 1.807) is 12.1 Å². The fraction of sp³-hybridized carbons (Fsp3) is 0.143. The number of rotatable bonds is 7. The van der Waals surface area contributed by atoms with Crippen LogP contribution in [-0.2, 0) is 16.4 Å². The average Bonchev–Trinajstić information content (AvgIpc) is 2.63. The zero-order valence-electron chi connectivity index (χ0n) is 15.1. The number of ether oxygens (including phenoxy) is 1. The molecule has 0 radical (unpaired) electrons. The van der Waals surface area contributed by atoms with Crippen molar-refractivity contribution in [1.29, 1.82) is 0 Å². The molecule has 0 aliphatic carbocycles. The first kappa shape index (κ1) is 18.9. The molecule has 0 spiro atoms. The van der Waals surface area contributed by atoms with Crippen LogP contribution in [0.25, 0.3) is 0 Å². The van der Waals surface area contributed by atoms with E-state index in [-0.39, 0.29) is 4.90 Å². The van der Waals surface area contributed by atoms with Crippen molar-refractivity contribution < 1.29 is 13.2 Å². The lowest BCUT2D eigenvalue weighted by Gasteiger charge is -2.09. The summed E-state index contributed by atoms with van der Waals surface area (Å²) in [6, 6.07) is 21.6. The topological polar surface area (TPSA) is 81.4 Å². The minimum absolute atomic E-state index is 0.207. The van der Waals surface area contributed by atoms with Crippen LogP contribution in [0.5, 0.6) is 11.5 Å². The Morgan fingerprint density at radius 1 is 0.926 bits per heavy atom. The van der Waals surface area contributed by atoms with Gasteiger partial charge in [0.05, 0.1) is 4.90 Å². The molecule has 5 nitrogen and oxygen atoms in total. The summed E-state index contributed by atoms with van der Waals surface area (Å²) in [6.45, 7) is 2.33. The Kier molecular flexibility index (Phi) is 5.78. The van der Waals surface area contributed by atoms with Gasteiger partial charge in [-0.05, 0) is 73.0 Å². The van der Waals surface area contributed by atoms with Gasteiger partial charge in [0.2, 0.25) is 10.0 Å². The van der Waals surface area contributed by atoms with Crippen LogP contribution in [0, 0.1) is 6.92 Å². The molecule has 0 bridgehead atoms. The molecule has 0 aromatic heterocycles. The van der Waals surface area contributed by atoms with E-state index >= 15 is 0 Å². The number of hydrogen-bond acceptors (Lipinski definition) is 4. The molecular weight excluding hydrogens is 360 g/mol. The van der Waals surface area contributed by atoms with Crippen LogP contribution < -0.4 is 15.2 Å². The normalized spacial score (nSPS) is 11.3. The number of nitrogen functional groups attached to an aromatic ring is 1. The molecule has 0 saturated carbocycles. The molecule has 0 amide bonds. The van der Waals surface area contributed by atoms with Gasteiger partial charge >= 0.3 is 0 Å². The SMILES string of the molecule is Cc1cccc(Oc2ccc(CCNS(=O)(=O)c3ccc(N)cc3)cc2)c1. The second-order valence-corrected chi connectivity index (χ2v) is 8.05. The summed E-state index contributed by atoms with van der Waals surface area (Å²) in [7, 11) is -3.53. The summed E-state index contributed by atoms with van der Waals surface area (Å²) < 4.78 is 32.9. The largest absolute Gasteiger partial charge is 0.457 e. The van der Waals surface area contributed by atoms with Crippen molar-refractivity contribution in [3.63, 3.8) is 0 Å². The van der Waals surface area contributed by atoms with Gasteiger partial charge in [-0.1, -0.05) is 24.3 Å². The Labute approximate surface area is 159 Å². The second-order valence-electron chi connectivity index (χ2n) is 6.28. The van der Waals surface area contributed by atoms with E-state index < -0.39 is 10.0 Å². The third-order valence-electron chi connectivity index (χ3n) is 4.04. The Hall–Kier alpha value is -2.83. The van der Waals surface area contributed by atoms with Crippen molar-refractivity contribution in [2.75, 3.05) is 12.3 Å². The van der Waals surface area contributed by atoms with Crippen LogP contribution in [0.4, 0.5) is 5.69 Å². The number of anilines is 1. The summed E-state index contributed by atoms with van der Waals surface area (Å²) >= 11 is 0. The summed E-state index contributed by atoms with van der Waals surface area (Å²) in [5, 5.41) is 0. The van der Waals surface area contributed by atoms with Crippen LogP contribution in [0.2, 0.25) is 0 Å². The molecule has 0 saturated heterocycles. The minimum Gasteiger partial charge on any atom is -0.457 e. The Morgan fingerprint density at radius 3 is 2.30 bits per heavy atom. The molecule has 0 aliphatic rings. The lowest BCUT2D eigenvalue weighted by atomic mass is 10.1. The Morgan fingerprint density at radius 2 is 1.63 bits per heavy atom. The standard InChI is InChI=1S/C21H22N2O3S/c1-16-3-2-4-20(15-16)26-19-9-5-17(6-10-19)13-14-23-27(24,25)21-11-7-18(22)8-12-21/h2-12,15,23H,13-14,22H2,1H3. The predicted molar refractivity (Wildman–Crippen MR) is 107 cm³/mol. The first-order valence-corrected chi connectivity index (χ1v) is 10.1. The third kappa shape index (κ3) is 5.32. The molecule has 0 heterocycles. The van der Waals surface area contributed by atoms with E-state index in [2.05, 4.69) is 4.72 Å². The monoisotopic (exact) mass is 382 g/mol. The van der Waals surface area contributed by atoms with Crippen molar-refractivity contribution in [2.24, 2.45) is 0 Å². The molecule has 3 aromatic carbocycles. The lowest BCUT2D eigenvalue weighted by Crippen LogP contribution is -2.25. The highest BCUT2D eigenvalue weighted by Gasteiger charge is 2.12. The zero-order valence-corrected chi connectivity index (χ0v) is 15.9. The number of benzene rings is 3. The van der Waals surface area contributed by atoms with Gasteiger partial charge in [0.25, 0.3) is 0 Å². The summed E-state index contributed by atoms with van der Waals surface area (Å²) in [5.41, 5.74) is 8.27. The maximum absolute atomic E-state index is 12.2. The molecule has 3 aromatic rings. The van der Waals surface area contributed by atoms with Crippen LogP contribution >= 0.6 is 0 Å². The molecule has 0 fully saturated rings. The Balaban J connectivity index is 1.55. The maximum Gasteiger partial charge on any atom is 0.240 e. The number of hydrogen-bond donors (Lipinski definition) is 2. The van der Waals surface area contributed by atoms with Crippen LogP contribution in [0.1, 0.15) is 11.1 Å². The van der Waals surface area contributed by atoms with Crippen molar-refractivity contribution in [2.45, 2.75) is 18.2 Å². The van der Waals surface area contributed by atoms with Gasteiger partial charge in [-0.25, -0.2) is 13.1 Å². The van der Waals surface area contributed by atoms with E-state index in [9.17, 15) is 8.42 Å². The fourth-order valence-electron chi connectivity index (χ4n) is 2.60. The third-order valence-corrected chi connectivity index (χ3v) is 5.52. The number of sulfonamides is 1. The summed E-state index contributed by atoms with van der Waals surface area (Å²) in [5.74, 6) is 1.53. The van der Waals surface area contributed by atoms with Gasteiger partial charge < -0.3 is 10.5 Å². The van der Waals surface area contributed by atoms with Crippen LogP contribution in [0.3, 0.4) is 0 Å². The highest BCUT2D eigenvalue weighted by molar-refractivity contribution is 7.89. The zero-order chi connectivity index (χ0) is 19.3. The van der Waals surface area contributed by atoms with Gasteiger partial charge in [0.15, 0.2) is 0 Å². The minimum atomic E-state index is -3.53. The van der Waals surface area contributed by atoms with Crippen molar-refractivity contribution >= 4 is 15.7 Å². The molecule has 6 heteroatoms. The maximum atomic E-state index is 12.2. The second kappa shape index (κ2) is 8.24.